The highest BCUT2D eigenvalue weighted by molar-refractivity contribution is 5.77. The molecule has 1 amide bonds. The van der Waals surface area contributed by atoms with E-state index in [0.29, 0.717) is 23.5 Å². The van der Waals surface area contributed by atoms with Crippen LogP contribution in [0.25, 0.3) is 0 Å². The molecular weight excluding hydrogens is 318 g/mol. The zero-order valence-electron chi connectivity index (χ0n) is 15.3. The number of likely N-dealkylation sites (tertiary alicyclic amines) is 1. The Morgan fingerprint density at radius 3 is 2.96 bits per heavy atom. The average molecular weight is 347 g/mol. The number of ether oxygens (including phenoxy) is 2. The first-order valence-corrected chi connectivity index (χ1v) is 9.14. The first-order valence-electron chi connectivity index (χ1n) is 9.14. The minimum Gasteiger partial charge on any atom is -0.493 e. The summed E-state index contributed by atoms with van der Waals surface area (Å²) in [5.41, 5.74) is 1.70. The van der Waals surface area contributed by atoms with Gasteiger partial charge in [0.1, 0.15) is 0 Å². The Morgan fingerprint density at radius 2 is 2.24 bits per heavy atom. The number of methoxy groups -OCH3 is 1. The number of nitrogens with zero attached hydrogens (tertiary/aromatic N) is 1. The maximum atomic E-state index is 11.5. The van der Waals surface area contributed by atoms with Crippen molar-refractivity contribution in [2.24, 2.45) is 5.41 Å². The predicted molar refractivity (Wildman–Crippen MR) is 97.0 cm³/mol. The number of hydrogen-bond acceptors (Lipinski definition) is 5. The van der Waals surface area contributed by atoms with Gasteiger partial charge in [-0.3, -0.25) is 9.69 Å². The predicted octanol–water partition coefficient (Wildman–Crippen LogP) is 1.40. The Bertz CT molecular complexity index is 600. The van der Waals surface area contributed by atoms with Gasteiger partial charge in [-0.15, -0.1) is 0 Å². The lowest BCUT2D eigenvalue weighted by Gasteiger charge is -2.23. The molecule has 2 saturated heterocycles. The Balaban J connectivity index is 1.58. The van der Waals surface area contributed by atoms with Crippen LogP contribution in [0.1, 0.15) is 25.3 Å². The van der Waals surface area contributed by atoms with Crippen molar-refractivity contribution >= 4 is 5.91 Å². The third-order valence-electron chi connectivity index (χ3n) is 5.22. The van der Waals surface area contributed by atoms with Crippen LogP contribution in [0.2, 0.25) is 0 Å². The van der Waals surface area contributed by atoms with Crippen LogP contribution < -0.4 is 20.1 Å². The first-order chi connectivity index (χ1) is 12.1. The highest BCUT2D eigenvalue weighted by Crippen LogP contribution is 2.37. The van der Waals surface area contributed by atoms with Gasteiger partial charge in [0.05, 0.1) is 7.11 Å². The molecule has 0 bridgehead atoms. The van der Waals surface area contributed by atoms with E-state index >= 15 is 0 Å². The fraction of sp³-hybridized carbons (Fsp3) is 0.632. The SMILES string of the molecule is CCNC(=O)COc1ccc(CN2CCC3(CCNC3)C2)cc1OC. The van der Waals surface area contributed by atoms with Crippen molar-refractivity contribution in [1.29, 1.82) is 0 Å². The summed E-state index contributed by atoms with van der Waals surface area (Å²) in [6.07, 6.45) is 2.57. The van der Waals surface area contributed by atoms with E-state index in [1.165, 1.54) is 18.4 Å². The number of benzene rings is 1. The number of rotatable bonds is 7. The molecule has 0 saturated carbocycles. The maximum Gasteiger partial charge on any atom is 0.257 e. The fourth-order valence-electron chi connectivity index (χ4n) is 3.89. The van der Waals surface area contributed by atoms with E-state index < -0.39 is 0 Å². The lowest BCUT2D eigenvalue weighted by Crippen LogP contribution is -2.29. The Hall–Kier alpha value is -1.79. The van der Waals surface area contributed by atoms with Crippen molar-refractivity contribution in [3.05, 3.63) is 23.8 Å². The van der Waals surface area contributed by atoms with Gasteiger partial charge >= 0.3 is 0 Å². The standard InChI is InChI=1S/C19H29N3O3/c1-3-21-18(23)12-25-16-5-4-15(10-17(16)24-2)11-22-9-7-19(14-22)6-8-20-13-19/h4-5,10,20H,3,6-9,11-14H2,1-2H3,(H,21,23). The van der Waals surface area contributed by atoms with Gasteiger partial charge in [0.2, 0.25) is 0 Å². The summed E-state index contributed by atoms with van der Waals surface area (Å²) >= 11 is 0. The van der Waals surface area contributed by atoms with E-state index in [4.69, 9.17) is 9.47 Å². The van der Waals surface area contributed by atoms with Crippen LogP contribution in [0, 0.1) is 5.41 Å². The van der Waals surface area contributed by atoms with Crippen LogP contribution >= 0.6 is 0 Å². The topological polar surface area (TPSA) is 62.8 Å². The molecule has 6 nitrogen and oxygen atoms in total. The fourth-order valence-corrected chi connectivity index (χ4v) is 3.89. The van der Waals surface area contributed by atoms with Gasteiger partial charge < -0.3 is 20.1 Å². The summed E-state index contributed by atoms with van der Waals surface area (Å²) < 4.78 is 11.0. The van der Waals surface area contributed by atoms with E-state index in [2.05, 4.69) is 21.6 Å². The number of amides is 1. The van der Waals surface area contributed by atoms with Crippen molar-refractivity contribution in [2.75, 3.05) is 46.4 Å². The second-order valence-corrected chi connectivity index (χ2v) is 7.11. The molecule has 0 radical (unpaired) electrons. The molecule has 1 atom stereocenters. The molecule has 2 heterocycles. The van der Waals surface area contributed by atoms with E-state index in [9.17, 15) is 4.79 Å². The monoisotopic (exact) mass is 347 g/mol. The molecule has 2 fully saturated rings. The number of hydrogen-bond donors (Lipinski definition) is 2. The number of carbonyl (C=O) groups excluding carboxylic acids is 1. The number of likely N-dealkylation sites (N-methyl/N-ethyl adjacent to an activating group) is 1. The lowest BCUT2D eigenvalue weighted by atomic mass is 9.86. The van der Waals surface area contributed by atoms with Crippen molar-refractivity contribution in [2.45, 2.75) is 26.3 Å². The van der Waals surface area contributed by atoms with E-state index in [1.54, 1.807) is 7.11 Å². The molecule has 2 aliphatic heterocycles. The summed E-state index contributed by atoms with van der Waals surface area (Å²) in [6, 6.07) is 5.98. The van der Waals surface area contributed by atoms with Crippen LogP contribution in [-0.4, -0.2) is 57.2 Å². The highest BCUT2D eigenvalue weighted by atomic mass is 16.5. The third-order valence-corrected chi connectivity index (χ3v) is 5.22. The number of carbonyl (C=O) groups is 1. The van der Waals surface area contributed by atoms with Gasteiger partial charge in [-0.1, -0.05) is 6.07 Å². The molecule has 6 heteroatoms. The van der Waals surface area contributed by atoms with Gasteiger partial charge in [0.25, 0.3) is 5.91 Å². The van der Waals surface area contributed by atoms with Gasteiger partial charge in [-0.2, -0.15) is 0 Å². The summed E-state index contributed by atoms with van der Waals surface area (Å²) in [5.74, 6) is 1.16. The molecular formula is C19H29N3O3. The second kappa shape index (κ2) is 8.06. The second-order valence-electron chi connectivity index (χ2n) is 7.11. The quantitative estimate of drug-likeness (QED) is 0.781. The molecule has 3 rings (SSSR count). The van der Waals surface area contributed by atoms with Gasteiger partial charge in [-0.05, 0) is 56.0 Å². The normalized spacial score (nSPS) is 23.1. The molecule has 138 valence electrons. The lowest BCUT2D eigenvalue weighted by molar-refractivity contribution is -0.123. The van der Waals surface area contributed by atoms with Gasteiger partial charge in [0, 0.05) is 26.2 Å². The Labute approximate surface area is 149 Å². The molecule has 1 spiro atoms. The molecule has 25 heavy (non-hydrogen) atoms. The molecule has 0 aromatic heterocycles. The zero-order valence-corrected chi connectivity index (χ0v) is 15.3. The molecule has 2 N–H and O–H groups in total. The van der Waals surface area contributed by atoms with Crippen LogP contribution in [0.4, 0.5) is 0 Å². The van der Waals surface area contributed by atoms with E-state index in [-0.39, 0.29) is 12.5 Å². The van der Waals surface area contributed by atoms with Crippen molar-refractivity contribution in [3.63, 3.8) is 0 Å². The molecule has 1 unspecified atom stereocenters. The maximum absolute atomic E-state index is 11.5. The molecule has 0 aliphatic carbocycles. The summed E-state index contributed by atoms with van der Waals surface area (Å²) in [6.45, 7) is 8.04. The van der Waals surface area contributed by atoms with E-state index in [0.717, 1.165) is 32.7 Å². The van der Waals surface area contributed by atoms with Crippen molar-refractivity contribution < 1.29 is 14.3 Å². The largest absolute Gasteiger partial charge is 0.493 e. The minimum absolute atomic E-state index is 0.00515. The van der Waals surface area contributed by atoms with E-state index in [1.807, 2.05) is 19.1 Å². The molecule has 1 aromatic carbocycles. The van der Waals surface area contributed by atoms with Crippen LogP contribution in [0.5, 0.6) is 11.5 Å². The zero-order chi connectivity index (χ0) is 17.7. The van der Waals surface area contributed by atoms with Gasteiger partial charge in [0.15, 0.2) is 18.1 Å². The molecule has 1 aromatic rings. The minimum atomic E-state index is -0.124. The van der Waals surface area contributed by atoms with Gasteiger partial charge in [-0.25, -0.2) is 0 Å². The van der Waals surface area contributed by atoms with Crippen molar-refractivity contribution in [1.82, 2.24) is 15.5 Å². The van der Waals surface area contributed by atoms with Crippen LogP contribution in [-0.2, 0) is 11.3 Å². The van der Waals surface area contributed by atoms with Crippen molar-refractivity contribution in [3.8, 4) is 11.5 Å². The van der Waals surface area contributed by atoms with Crippen LogP contribution in [0.3, 0.4) is 0 Å². The third kappa shape index (κ3) is 4.44. The highest BCUT2D eigenvalue weighted by Gasteiger charge is 2.40. The number of nitrogens with one attached hydrogen (secondary N) is 2. The molecule has 2 aliphatic rings. The summed E-state index contributed by atoms with van der Waals surface area (Å²) in [7, 11) is 1.63. The Kier molecular flexibility index (Phi) is 5.81. The first kappa shape index (κ1) is 18.0. The Morgan fingerprint density at radius 1 is 1.36 bits per heavy atom. The smallest absolute Gasteiger partial charge is 0.257 e. The average Bonchev–Trinajstić information content (AvgIpc) is 3.23. The summed E-state index contributed by atoms with van der Waals surface area (Å²) in [5, 5.41) is 6.22. The summed E-state index contributed by atoms with van der Waals surface area (Å²) in [4.78, 5) is 14.1. The van der Waals surface area contributed by atoms with Crippen LogP contribution in [0.15, 0.2) is 18.2 Å².